The van der Waals surface area contributed by atoms with Crippen LogP contribution in [-0.4, -0.2) is 23.5 Å². The van der Waals surface area contributed by atoms with Crippen LogP contribution in [0.25, 0.3) is 10.9 Å². The lowest BCUT2D eigenvalue weighted by Gasteiger charge is -2.09. The molecule has 2 aromatic rings. The molecule has 0 aliphatic carbocycles. The Labute approximate surface area is 101 Å². The first-order chi connectivity index (χ1) is 8.40. The molecule has 3 heteroatoms. The van der Waals surface area contributed by atoms with Crippen LogP contribution in [0.5, 0.6) is 0 Å². The van der Waals surface area contributed by atoms with E-state index in [2.05, 4.69) is 52.1 Å². The highest BCUT2D eigenvalue weighted by atomic mass is 15.1. The third-order valence-electron chi connectivity index (χ3n) is 3.17. The largest absolute Gasteiger partial charge is 0.367 e. The third-order valence-corrected chi connectivity index (χ3v) is 3.17. The van der Waals surface area contributed by atoms with E-state index in [0.717, 1.165) is 31.9 Å². The Hall–Kier alpha value is -1.77. The molecule has 0 amide bonds. The molecule has 1 aromatic carbocycles. The maximum Gasteiger partial charge on any atom is 0.145 e. The summed E-state index contributed by atoms with van der Waals surface area (Å²) in [7, 11) is 0. The molecular weight excluding hydrogens is 210 g/mol. The van der Waals surface area contributed by atoms with E-state index < -0.39 is 0 Å². The van der Waals surface area contributed by atoms with Crippen molar-refractivity contribution in [3.05, 3.63) is 36.0 Å². The number of nitrogens with one attached hydrogen (secondary N) is 1. The number of aliphatic imine (C=N–C) groups is 1. The second kappa shape index (κ2) is 4.24. The van der Waals surface area contributed by atoms with E-state index in [9.17, 15) is 0 Å². The topological polar surface area (TPSA) is 29.3 Å². The van der Waals surface area contributed by atoms with Crippen molar-refractivity contribution in [3.63, 3.8) is 0 Å². The van der Waals surface area contributed by atoms with Gasteiger partial charge >= 0.3 is 0 Å². The molecule has 2 heterocycles. The number of hydrogen-bond acceptors (Lipinski definition) is 2. The fourth-order valence-electron chi connectivity index (χ4n) is 2.44. The van der Waals surface area contributed by atoms with Gasteiger partial charge in [-0.15, -0.1) is 0 Å². The van der Waals surface area contributed by atoms with Crippen LogP contribution in [0.4, 0.5) is 0 Å². The van der Waals surface area contributed by atoms with Crippen LogP contribution in [0.1, 0.15) is 19.0 Å². The minimum absolute atomic E-state index is 0.892. The van der Waals surface area contributed by atoms with Gasteiger partial charge in [0.1, 0.15) is 5.84 Å². The first kappa shape index (κ1) is 10.4. The smallest absolute Gasteiger partial charge is 0.145 e. The van der Waals surface area contributed by atoms with Crippen molar-refractivity contribution >= 4 is 16.7 Å². The summed E-state index contributed by atoms with van der Waals surface area (Å²) in [4.78, 5) is 4.53. The van der Waals surface area contributed by atoms with Gasteiger partial charge in [0.2, 0.25) is 0 Å². The van der Waals surface area contributed by atoms with Crippen molar-refractivity contribution in [2.75, 3.05) is 13.1 Å². The fourth-order valence-corrected chi connectivity index (χ4v) is 2.44. The van der Waals surface area contributed by atoms with E-state index in [4.69, 9.17) is 0 Å². The molecule has 0 fully saturated rings. The quantitative estimate of drug-likeness (QED) is 0.857. The predicted molar refractivity (Wildman–Crippen MR) is 71.6 cm³/mol. The molecule has 1 N–H and O–H groups in total. The highest BCUT2D eigenvalue weighted by Gasteiger charge is 2.15. The Morgan fingerprint density at radius 3 is 3.00 bits per heavy atom. The Balaban J connectivity index is 2.18. The number of fused-ring (bicyclic) bond motifs is 1. The molecule has 88 valence electrons. The first-order valence-electron chi connectivity index (χ1n) is 6.27. The minimum Gasteiger partial charge on any atom is -0.367 e. The zero-order valence-electron chi connectivity index (χ0n) is 10.1. The Kier molecular flexibility index (Phi) is 2.59. The van der Waals surface area contributed by atoms with Crippen molar-refractivity contribution in [3.8, 4) is 0 Å². The molecule has 0 saturated heterocycles. The van der Waals surface area contributed by atoms with Crippen molar-refractivity contribution in [2.24, 2.45) is 4.99 Å². The molecule has 1 aliphatic rings. The van der Waals surface area contributed by atoms with Crippen molar-refractivity contribution < 1.29 is 0 Å². The summed E-state index contributed by atoms with van der Waals surface area (Å²) < 4.78 is 2.37. The average molecular weight is 227 g/mol. The van der Waals surface area contributed by atoms with Gasteiger partial charge in [-0.05, 0) is 18.6 Å². The van der Waals surface area contributed by atoms with E-state index in [0.29, 0.717) is 0 Å². The molecule has 3 rings (SSSR count). The van der Waals surface area contributed by atoms with Gasteiger partial charge in [-0.2, -0.15) is 0 Å². The van der Waals surface area contributed by atoms with E-state index in [1.807, 2.05) is 0 Å². The molecule has 0 bridgehead atoms. The number of rotatable bonds is 3. The number of benzene rings is 1. The molecule has 1 aromatic heterocycles. The molecular formula is C14H17N3. The highest BCUT2D eigenvalue weighted by molar-refractivity contribution is 6.02. The minimum atomic E-state index is 0.892. The molecule has 3 nitrogen and oxygen atoms in total. The Morgan fingerprint density at radius 1 is 1.35 bits per heavy atom. The molecule has 0 unspecified atom stereocenters. The lowest BCUT2D eigenvalue weighted by Crippen LogP contribution is -2.22. The average Bonchev–Trinajstić information content (AvgIpc) is 2.97. The van der Waals surface area contributed by atoms with Gasteiger partial charge in [-0.1, -0.05) is 25.1 Å². The third kappa shape index (κ3) is 1.71. The normalized spacial score (nSPS) is 15.0. The van der Waals surface area contributed by atoms with E-state index in [1.54, 1.807) is 0 Å². The van der Waals surface area contributed by atoms with E-state index >= 15 is 0 Å². The summed E-state index contributed by atoms with van der Waals surface area (Å²) in [6.45, 7) is 5.11. The second-order valence-electron chi connectivity index (χ2n) is 4.40. The zero-order chi connectivity index (χ0) is 11.7. The lowest BCUT2D eigenvalue weighted by atomic mass is 10.2. The zero-order valence-corrected chi connectivity index (χ0v) is 10.1. The highest BCUT2D eigenvalue weighted by Crippen LogP contribution is 2.21. The van der Waals surface area contributed by atoms with Gasteiger partial charge < -0.3 is 9.88 Å². The standard InChI is InChI=1S/C14H17N3/c1-2-9-17-12-6-4-3-5-11(12)10-13(17)14-15-7-8-16-14/h3-6,10H,2,7-9H2,1H3,(H,15,16). The fraction of sp³-hybridized carbons (Fsp3) is 0.357. The van der Waals surface area contributed by atoms with Crippen molar-refractivity contribution in [1.82, 2.24) is 9.88 Å². The number of para-hydroxylation sites is 1. The molecule has 0 radical (unpaired) electrons. The van der Waals surface area contributed by atoms with Crippen molar-refractivity contribution in [1.29, 1.82) is 0 Å². The van der Waals surface area contributed by atoms with Gasteiger partial charge in [0, 0.05) is 24.0 Å². The maximum atomic E-state index is 4.53. The molecule has 1 aliphatic heterocycles. The van der Waals surface area contributed by atoms with Crippen LogP contribution in [0.2, 0.25) is 0 Å². The van der Waals surface area contributed by atoms with E-state index in [-0.39, 0.29) is 0 Å². The number of aryl methyl sites for hydroxylation is 1. The summed E-state index contributed by atoms with van der Waals surface area (Å²) in [5.74, 6) is 1.05. The van der Waals surface area contributed by atoms with Crippen LogP contribution in [-0.2, 0) is 6.54 Å². The number of amidine groups is 1. The van der Waals surface area contributed by atoms with Crippen molar-refractivity contribution in [2.45, 2.75) is 19.9 Å². The van der Waals surface area contributed by atoms with Gasteiger partial charge in [-0.25, -0.2) is 0 Å². The number of aromatic nitrogens is 1. The SMILES string of the molecule is CCCn1c(C2=NCCN2)cc2ccccc21. The molecule has 17 heavy (non-hydrogen) atoms. The van der Waals surface area contributed by atoms with Gasteiger partial charge in [-0.3, -0.25) is 4.99 Å². The van der Waals surface area contributed by atoms with Gasteiger partial charge in [0.15, 0.2) is 0 Å². The maximum absolute atomic E-state index is 4.53. The predicted octanol–water partition coefficient (Wildman–Crippen LogP) is 2.40. The number of hydrogen-bond donors (Lipinski definition) is 1. The Morgan fingerprint density at radius 2 is 2.24 bits per heavy atom. The summed E-state index contributed by atoms with van der Waals surface area (Å²) in [5, 5.41) is 4.66. The summed E-state index contributed by atoms with van der Waals surface area (Å²) in [6.07, 6.45) is 1.14. The lowest BCUT2D eigenvalue weighted by molar-refractivity contribution is 0.697. The van der Waals surface area contributed by atoms with Crippen LogP contribution >= 0.6 is 0 Å². The van der Waals surface area contributed by atoms with E-state index in [1.165, 1.54) is 16.6 Å². The van der Waals surface area contributed by atoms with Crippen LogP contribution in [0, 0.1) is 0 Å². The summed E-state index contributed by atoms with van der Waals surface area (Å²) in [5.41, 5.74) is 2.53. The molecule has 0 saturated carbocycles. The number of nitrogens with zero attached hydrogens (tertiary/aromatic N) is 2. The molecule has 0 atom stereocenters. The Bertz CT molecular complexity index is 566. The van der Waals surface area contributed by atoms with Crippen LogP contribution < -0.4 is 5.32 Å². The first-order valence-corrected chi connectivity index (χ1v) is 6.27. The van der Waals surface area contributed by atoms with Crippen LogP contribution in [0.15, 0.2) is 35.3 Å². The summed E-state index contributed by atoms with van der Waals surface area (Å²) >= 11 is 0. The van der Waals surface area contributed by atoms with Crippen LogP contribution in [0.3, 0.4) is 0 Å². The van der Waals surface area contributed by atoms with Gasteiger partial charge in [0.25, 0.3) is 0 Å². The monoisotopic (exact) mass is 227 g/mol. The van der Waals surface area contributed by atoms with Gasteiger partial charge in [0.05, 0.1) is 12.2 Å². The summed E-state index contributed by atoms with van der Waals surface area (Å²) in [6, 6.07) is 10.8. The second-order valence-corrected chi connectivity index (χ2v) is 4.40. The molecule has 0 spiro atoms.